The summed E-state index contributed by atoms with van der Waals surface area (Å²) in [6.45, 7) is 6.72. The molecule has 0 aliphatic carbocycles. The number of anilines is 1. The Morgan fingerprint density at radius 2 is 1.60 bits per heavy atom. The smallest absolute Gasteiger partial charge is 0.264 e. The molecule has 0 radical (unpaired) electrons. The zero-order valence-electron chi connectivity index (χ0n) is 22.7. The van der Waals surface area contributed by atoms with Crippen LogP contribution in [0.4, 0.5) is 5.69 Å². The van der Waals surface area contributed by atoms with Gasteiger partial charge in [-0.1, -0.05) is 69.8 Å². The van der Waals surface area contributed by atoms with Gasteiger partial charge in [0.15, 0.2) is 0 Å². The maximum absolute atomic E-state index is 14.0. The highest BCUT2D eigenvalue weighted by Gasteiger charge is 2.33. The highest BCUT2D eigenvalue weighted by molar-refractivity contribution is 9.10. The van der Waals surface area contributed by atoms with Crippen LogP contribution in [-0.4, -0.2) is 43.8 Å². The fourth-order valence-electron chi connectivity index (χ4n) is 3.86. The molecular weight excluding hydrogens is 637 g/mol. The van der Waals surface area contributed by atoms with E-state index in [1.165, 1.54) is 17.0 Å². The van der Waals surface area contributed by atoms with Crippen molar-refractivity contribution in [3.8, 4) is 0 Å². The normalized spacial score (nSPS) is 12.9. The average molecular weight is 669 g/mol. The van der Waals surface area contributed by atoms with Gasteiger partial charge < -0.3 is 10.2 Å². The van der Waals surface area contributed by atoms with Crippen LogP contribution in [0.1, 0.15) is 38.3 Å². The van der Waals surface area contributed by atoms with Gasteiger partial charge in [0.2, 0.25) is 11.8 Å². The van der Waals surface area contributed by atoms with Crippen LogP contribution in [0.15, 0.2) is 76.1 Å². The van der Waals surface area contributed by atoms with Crippen molar-refractivity contribution in [1.82, 2.24) is 10.2 Å². The third-order valence-corrected chi connectivity index (χ3v) is 9.43. The lowest BCUT2D eigenvalue weighted by Gasteiger charge is -2.32. The van der Waals surface area contributed by atoms with E-state index in [2.05, 4.69) is 21.2 Å². The Hall–Kier alpha value is -2.59. The van der Waals surface area contributed by atoms with Gasteiger partial charge in [-0.15, -0.1) is 0 Å². The van der Waals surface area contributed by atoms with Crippen molar-refractivity contribution < 1.29 is 18.0 Å². The molecule has 2 amide bonds. The van der Waals surface area contributed by atoms with Crippen LogP contribution in [0, 0.1) is 6.92 Å². The highest BCUT2D eigenvalue weighted by Crippen LogP contribution is 2.27. The molecular formula is C29H32BrCl2N3O4S. The van der Waals surface area contributed by atoms with E-state index >= 15 is 0 Å². The first-order valence-electron chi connectivity index (χ1n) is 12.7. The van der Waals surface area contributed by atoms with Crippen LogP contribution < -0.4 is 9.62 Å². The Balaban J connectivity index is 2.04. The number of carbonyl (C=O) groups excluding carboxylic acids is 2. The molecule has 0 aromatic heterocycles. The summed E-state index contributed by atoms with van der Waals surface area (Å²) in [6, 6.07) is 16.9. The average Bonchev–Trinajstić information content (AvgIpc) is 2.91. The predicted octanol–water partition coefficient (Wildman–Crippen LogP) is 6.59. The summed E-state index contributed by atoms with van der Waals surface area (Å²) in [5.41, 5.74) is 1.77. The monoisotopic (exact) mass is 667 g/mol. The molecule has 11 heteroatoms. The van der Waals surface area contributed by atoms with Crippen molar-refractivity contribution in [2.75, 3.05) is 10.8 Å². The number of nitrogens with zero attached hydrogens (tertiary/aromatic N) is 2. The zero-order valence-corrected chi connectivity index (χ0v) is 26.6. The van der Waals surface area contributed by atoms with E-state index in [-0.39, 0.29) is 23.4 Å². The minimum absolute atomic E-state index is 0.0251. The van der Waals surface area contributed by atoms with Crippen molar-refractivity contribution >= 4 is 66.7 Å². The molecule has 40 heavy (non-hydrogen) atoms. The van der Waals surface area contributed by atoms with E-state index in [4.69, 9.17) is 23.2 Å². The number of hydrogen-bond acceptors (Lipinski definition) is 4. The molecule has 0 heterocycles. The molecule has 0 aliphatic rings. The molecule has 0 aliphatic heterocycles. The van der Waals surface area contributed by atoms with Gasteiger partial charge in [-0.25, -0.2) is 8.42 Å². The topological polar surface area (TPSA) is 86.8 Å². The number of benzene rings is 3. The number of halogens is 3. The van der Waals surface area contributed by atoms with Gasteiger partial charge in [0, 0.05) is 27.1 Å². The number of amides is 2. The van der Waals surface area contributed by atoms with Crippen molar-refractivity contribution in [1.29, 1.82) is 0 Å². The van der Waals surface area contributed by atoms with Gasteiger partial charge in [0.1, 0.15) is 12.6 Å². The lowest BCUT2D eigenvalue weighted by atomic mass is 10.1. The summed E-state index contributed by atoms with van der Waals surface area (Å²) in [6.07, 6.45) is 0.710. The van der Waals surface area contributed by atoms with Crippen molar-refractivity contribution in [3.63, 3.8) is 0 Å². The molecule has 3 aromatic carbocycles. The number of carbonyl (C=O) groups is 2. The number of rotatable bonds is 11. The Bertz CT molecular complexity index is 1450. The largest absolute Gasteiger partial charge is 0.352 e. The second kappa shape index (κ2) is 13.9. The minimum Gasteiger partial charge on any atom is -0.352 e. The summed E-state index contributed by atoms with van der Waals surface area (Å²) >= 11 is 15.9. The van der Waals surface area contributed by atoms with Gasteiger partial charge in [0.05, 0.1) is 10.6 Å². The second-order valence-corrected chi connectivity index (χ2v) is 13.2. The molecule has 1 N–H and O–H groups in total. The van der Waals surface area contributed by atoms with Gasteiger partial charge in [-0.2, -0.15) is 0 Å². The first-order valence-corrected chi connectivity index (χ1v) is 15.7. The van der Waals surface area contributed by atoms with Crippen molar-refractivity contribution in [3.05, 3.63) is 92.4 Å². The zero-order chi connectivity index (χ0) is 29.6. The summed E-state index contributed by atoms with van der Waals surface area (Å²) in [5, 5.41) is 3.66. The second-order valence-electron chi connectivity index (χ2n) is 9.55. The van der Waals surface area contributed by atoms with E-state index in [1.54, 1.807) is 61.5 Å². The van der Waals surface area contributed by atoms with Crippen LogP contribution in [0.5, 0.6) is 0 Å². The predicted molar refractivity (Wildman–Crippen MR) is 164 cm³/mol. The maximum atomic E-state index is 14.0. The molecule has 0 bridgehead atoms. The standard InChI is InChI=1S/C29H32BrCl2N3O4S/c1-5-20(3)33-29(37)21(4)34(17-22-8-11-24(31)16-27(22)32)28(36)18-35(25-12-9-23(30)10-13-25)40(38,39)26-14-6-19(2)7-15-26/h6-16,20-21H,5,17-18H2,1-4H3,(H,33,37)/t20-,21-/m1/s1. The van der Waals surface area contributed by atoms with Crippen LogP contribution in [0.3, 0.4) is 0 Å². The fourth-order valence-corrected chi connectivity index (χ4v) is 6.00. The van der Waals surface area contributed by atoms with Gasteiger partial charge in [-0.05, 0) is 81.3 Å². The SMILES string of the molecule is CC[C@@H](C)NC(=O)[C@@H](C)N(Cc1ccc(Cl)cc1Cl)C(=O)CN(c1ccc(Br)cc1)S(=O)(=O)c1ccc(C)cc1. The molecule has 0 spiro atoms. The van der Waals surface area contributed by atoms with E-state index in [0.717, 1.165) is 14.3 Å². The summed E-state index contributed by atoms with van der Waals surface area (Å²) in [7, 11) is -4.14. The van der Waals surface area contributed by atoms with Crippen molar-refractivity contribution in [2.45, 2.75) is 57.6 Å². The number of nitrogens with one attached hydrogen (secondary N) is 1. The van der Waals surface area contributed by atoms with Crippen molar-refractivity contribution in [2.24, 2.45) is 0 Å². The molecule has 3 aromatic rings. The lowest BCUT2D eigenvalue weighted by Crippen LogP contribution is -2.52. The summed E-state index contributed by atoms with van der Waals surface area (Å²) in [4.78, 5) is 28.5. The Morgan fingerprint density at radius 1 is 0.975 bits per heavy atom. The molecule has 0 saturated heterocycles. The fraction of sp³-hybridized carbons (Fsp3) is 0.310. The molecule has 0 unspecified atom stereocenters. The number of sulfonamides is 1. The van der Waals surface area contributed by atoms with Crippen LogP contribution in [0.2, 0.25) is 10.0 Å². The van der Waals surface area contributed by atoms with Gasteiger partial charge in [-0.3, -0.25) is 13.9 Å². The third kappa shape index (κ3) is 8.00. The Kier molecular flexibility index (Phi) is 11.1. The number of aryl methyl sites for hydroxylation is 1. The minimum atomic E-state index is -4.14. The summed E-state index contributed by atoms with van der Waals surface area (Å²) < 4.78 is 29.5. The maximum Gasteiger partial charge on any atom is 0.264 e. The molecule has 0 saturated carbocycles. The molecule has 2 atom stereocenters. The third-order valence-electron chi connectivity index (χ3n) is 6.53. The Morgan fingerprint density at radius 3 is 2.17 bits per heavy atom. The Labute approximate surface area is 254 Å². The molecule has 3 rings (SSSR count). The van der Waals surface area contributed by atoms with Gasteiger partial charge >= 0.3 is 0 Å². The van der Waals surface area contributed by atoms with Crippen LogP contribution in [-0.2, 0) is 26.2 Å². The lowest BCUT2D eigenvalue weighted by molar-refractivity contribution is -0.139. The van der Waals surface area contributed by atoms with E-state index in [1.807, 2.05) is 20.8 Å². The van der Waals surface area contributed by atoms with Gasteiger partial charge in [0.25, 0.3) is 10.0 Å². The van der Waals surface area contributed by atoms with Crippen LogP contribution in [0.25, 0.3) is 0 Å². The van der Waals surface area contributed by atoms with E-state index < -0.39 is 28.5 Å². The quantitative estimate of drug-likeness (QED) is 0.250. The van der Waals surface area contributed by atoms with E-state index in [9.17, 15) is 18.0 Å². The van der Waals surface area contributed by atoms with Crippen LogP contribution >= 0.6 is 39.1 Å². The molecule has 214 valence electrons. The molecule has 7 nitrogen and oxygen atoms in total. The highest BCUT2D eigenvalue weighted by atomic mass is 79.9. The first kappa shape index (κ1) is 31.9. The first-order chi connectivity index (χ1) is 18.8. The summed E-state index contributed by atoms with van der Waals surface area (Å²) in [5.74, 6) is -0.930. The van der Waals surface area contributed by atoms with E-state index in [0.29, 0.717) is 27.7 Å². The molecule has 0 fully saturated rings. The number of hydrogen-bond donors (Lipinski definition) is 1.